The van der Waals surface area contributed by atoms with Crippen LogP contribution in [0.1, 0.15) is 12.8 Å². The zero-order valence-electron chi connectivity index (χ0n) is 12.6. The molecule has 1 aliphatic heterocycles. The molecule has 0 saturated carbocycles. The first-order valence-corrected chi connectivity index (χ1v) is 7.92. The normalized spacial score (nSPS) is 17.9. The van der Waals surface area contributed by atoms with Crippen molar-refractivity contribution in [3.8, 4) is 0 Å². The SMILES string of the molecule is C=C(Nc1cc2ccccc2c2ccccc12)C1CCCN1. The summed E-state index contributed by atoms with van der Waals surface area (Å²) in [5.74, 6) is 0. The van der Waals surface area contributed by atoms with Gasteiger partial charge in [-0.25, -0.2) is 0 Å². The summed E-state index contributed by atoms with van der Waals surface area (Å²) in [6.07, 6.45) is 2.39. The number of benzene rings is 3. The van der Waals surface area contributed by atoms with Gasteiger partial charge in [0.1, 0.15) is 0 Å². The Morgan fingerprint density at radius 2 is 1.73 bits per heavy atom. The summed E-state index contributed by atoms with van der Waals surface area (Å²) in [5, 5.41) is 12.2. The minimum atomic E-state index is 0.380. The summed E-state index contributed by atoms with van der Waals surface area (Å²) in [6.45, 7) is 5.33. The smallest absolute Gasteiger partial charge is 0.0468 e. The highest BCUT2D eigenvalue weighted by Gasteiger charge is 2.17. The molecule has 0 aromatic heterocycles. The molecule has 110 valence electrons. The maximum absolute atomic E-state index is 4.25. The van der Waals surface area contributed by atoms with Crippen molar-refractivity contribution in [1.29, 1.82) is 0 Å². The molecule has 3 aromatic carbocycles. The van der Waals surface area contributed by atoms with Crippen molar-refractivity contribution in [1.82, 2.24) is 5.32 Å². The first-order chi connectivity index (χ1) is 10.8. The lowest BCUT2D eigenvalue weighted by Crippen LogP contribution is -2.26. The third kappa shape index (κ3) is 2.26. The lowest BCUT2D eigenvalue weighted by Gasteiger charge is -2.18. The summed E-state index contributed by atoms with van der Waals surface area (Å²) in [5.41, 5.74) is 2.21. The fraction of sp³-hybridized carbons (Fsp3) is 0.200. The summed E-state index contributed by atoms with van der Waals surface area (Å²) < 4.78 is 0. The maximum atomic E-state index is 4.25. The third-order valence-electron chi connectivity index (χ3n) is 4.54. The average molecular weight is 288 g/mol. The second-order valence-corrected chi connectivity index (χ2v) is 5.99. The van der Waals surface area contributed by atoms with Crippen LogP contribution in [0.2, 0.25) is 0 Å². The van der Waals surface area contributed by atoms with Gasteiger partial charge < -0.3 is 10.6 Å². The molecule has 0 amide bonds. The van der Waals surface area contributed by atoms with Gasteiger partial charge in [-0.15, -0.1) is 0 Å². The third-order valence-corrected chi connectivity index (χ3v) is 4.54. The van der Waals surface area contributed by atoms with Gasteiger partial charge in [-0.2, -0.15) is 0 Å². The minimum absolute atomic E-state index is 0.380. The molecule has 0 aliphatic carbocycles. The molecule has 1 saturated heterocycles. The van der Waals surface area contributed by atoms with Crippen LogP contribution < -0.4 is 10.6 Å². The zero-order valence-corrected chi connectivity index (χ0v) is 12.6. The number of nitrogens with one attached hydrogen (secondary N) is 2. The Hall–Kier alpha value is -2.32. The predicted octanol–water partition coefficient (Wildman–Crippen LogP) is 4.67. The number of hydrogen-bond donors (Lipinski definition) is 2. The van der Waals surface area contributed by atoms with Crippen LogP contribution in [0, 0.1) is 0 Å². The van der Waals surface area contributed by atoms with E-state index in [0.717, 1.165) is 24.4 Å². The van der Waals surface area contributed by atoms with E-state index in [2.05, 4.69) is 71.8 Å². The summed E-state index contributed by atoms with van der Waals surface area (Å²) in [4.78, 5) is 0. The molecule has 22 heavy (non-hydrogen) atoms. The largest absolute Gasteiger partial charge is 0.358 e. The van der Waals surface area contributed by atoms with Gasteiger partial charge in [0, 0.05) is 22.8 Å². The van der Waals surface area contributed by atoms with Gasteiger partial charge in [-0.1, -0.05) is 55.1 Å². The molecule has 1 unspecified atom stereocenters. The second-order valence-electron chi connectivity index (χ2n) is 5.99. The van der Waals surface area contributed by atoms with Crippen molar-refractivity contribution < 1.29 is 0 Å². The van der Waals surface area contributed by atoms with Crippen LogP contribution in [0.4, 0.5) is 5.69 Å². The number of hydrogen-bond acceptors (Lipinski definition) is 2. The molecule has 1 aliphatic rings. The van der Waals surface area contributed by atoms with Crippen molar-refractivity contribution in [2.45, 2.75) is 18.9 Å². The molecule has 2 heteroatoms. The van der Waals surface area contributed by atoms with Crippen LogP contribution >= 0.6 is 0 Å². The van der Waals surface area contributed by atoms with Crippen molar-refractivity contribution >= 4 is 27.2 Å². The van der Waals surface area contributed by atoms with E-state index in [-0.39, 0.29) is 0 Å². The summed E-state index contributed by atoms with van der Waals surface area (Å²) in [7, 11) is 0. The quantitative estimate of drug-likeness (QED) is 0.684. The van der Waals surface area contributed by atoms with E-state index < -0.39 is 0 Å². The molecule has 1 fully saturated rings. The number of fused-ring (bicyclic) bond motifs is 3. The number of anilines is 1. The lowest BCUT2D eigenvalue weighted by molar-refractivity contribution is 0.695. The van der Waals surface area contributed by atoms with Crippen molar-refractivity contribution in [3.05, 3.63) is 66.9 Å². The lowest BCUT2D eigenvalue weighted by atomic mass is 10.00. The molecule has 1 atom stereocenters. The van der Waals surface area contributed by atoms with Crippen molar-refractivity contribution in [2.75, 3.05) is 11.9 Å². The van der Waals surface area contributed by atoms with Gasteiger partial charge in [-0.05, 0) is 41.6 Å². The highest BCUT2D eigenvalue weighted by Crippen LogP contribution is 2.32. The Bertz CT molecular complexity index is 845. The van der Waals surface area contributed by atoms with Crippen LogP contribution in [-0.4, -0.2) is 12.6 Å². The van der Waals surface area contributed by atoms with Gasteiger partial charge in [-0.3, -0.25) is 0 Å². The van der Waals surface area contributed by atoms with Crippen LogP contribution in [0.15, 0.2) is 66.9 Å². The molecule has 0 spiro atoms. The number of rotatable bonds is 3. The van der Waals surface area contributed by atoms with E-state index in [1.165, 1.54) is 28.0 Å². The summed E-state index contributed by atoms with van der Waals surface area (Å²) in [6, 6.07) is 19.7. The van der Waals surface area contributed by atoms with E-state index in [4.69, 9.17) is 0 Å². The van der Waals surface area contributed by atoms with Gasteiger partial charge in [0.2, 0.25) is 0 Å². The van der Waals surface area contributed by atoms with Gasteiger partial charge in [0.05, 0.1) is 0 Å². The van der Waals surface area contributed by atoms with Gasteiger partial charge >= 0.3 is 0 Å². The maximum Gasteiger partial charge on any atom is 0.0468 e. The fourth-order valence-electron chi connectivity index (χ4n) is 3.40. The molecule has 4 rings (SSSR count). The molecule has 0 bridgehead atoms. The van der Waals surface area contributed by atoms with Gasteiger partial charge in [0.25, 0.3) is 0 Å². The fourth-order valence-corrected chi connectivity index (χ4v) is 3.40. The molecular weight excluding hydrogens is 268 g/mol. The van der Waals surface area contributed by atoms with E-state index >= 15 is 0 Å². The van der Waals surface area contributed by atoms with Crippen molar-refractivity contribution in [2.24, 2.45) is 0 Å². The topological polar surface area (TPSA) is 24.1 Å². The Kier molecular flexibility index (Phi) is 3.32. The Balaban J connectivity index is 1.83. The van der Waals surface area contributed by atoms with Crippen LogP contribution in [-0.2, 0) is 0 Å². The van der Waals surface area contributed by atoms with Gasteiger partial charge in [0.15, 0.2) is 0 Å². The highest BCUT2D eigenvalue weighted by atomic mass is 15.0. The van der Waals surface area contributed by atoms with Crippen molar-refractivity contribution in [3.63, 3.8) is 0 Å². The Morgan fingerprint density at radius 1 is 1.00 bits per heavy atom. The Morgan fingerprint density at radius 3 is 2.50 bits per heavy atom. The van der Waals surface area contributed by atoms with Crippen LogP contribution in [0.3, 0.4) is 0 Å². The van der Waals surface area contributed by atoms with Crippen LogP contribution in [0.5, 0.6) is 0 Å². The van der Waals surface area contributed by atoms with Crippen LogP contribution in [0.25, 0.3) is 21.5 Å². The Labute approximate surface area is 130 Å². The van der Waals surface area contributed by atoms with E-state index in [1.807, 2.05) is 0 Å². The molecule has 0 radical (unpaired) electrons. The molecule has 3 aromatic rings. The average Bonchev–Trinajstić information content (AvgIpc) is 3.10. The minimum Gasteiger partial charge on any atom is -0.358 e. The zero-order chi connectivity index (χ0) is 14.9. The van der Waals surface area contributed by atoms with E-state index in [9.17, 15) is 0 Å². The summed E-state index contributed by atoms with van der Waals surface area (Å²) >= 11 is 0. The second kappa shape index (κ2) is 5.47. The molecular formula is C20H20N2. The molecule has 2 nitrogen and oxygen atoms in total. The monoisotopic (exact) mass is 288 g/mol. The van der Waals surface area contributed by atoms with E-state index in [1.54, 1.807) is 0 Å². The molecule has 2 N–H and O–H groups in total. The standard InChI is InChI=1S/C20H20N2/c1-14(19-11-6-12-21-19)22-20-13-15-7-2-3-8-16(15)17-9-4-5-10-18(17)20/h2-5,7-10,13,19,21-22H,1,6,11-12H2. The molecule has 1 heterocycles. The first-order valence-electron chi connectivity index (χ1n) is 7.92. The first kappa shape index (κ1) is 13.4. The van der Waals surface area contributed by atoms with E-state index in [0.29, 0.717) is 6.04 Å². The highest BCUT2D eigenvalue weighted by molar-refractivity contribution is 6.13. The predicted molar refractivity (Wildman–Crippen MR) is 95.2 cm³/mol.